The van der Waals surface area contributed by atoms with Crippen molar-refractivity contribution < 1.29 is 4.79 Å². The summed E-state index contributed by atoms with van der Waals surface area (Å²) < 4.78 is 0. The number of nitrogens with zero attached hydrogens (tertiary/aromatic N) is 4. The molecule has 0 spiro atoms. The molecular weight excluding hydrogens is 503 g/mol. The Morgan fingerprint density at radius 2 is 1.94 bits per heavy atom. The minimum atomic E-state index is 0. The van der Waals surface area contributed by atoms with Crippen molar-refractivity contribution in [1.29, 1.82) is 0 Å². The van der Waals surface area contributed by atoms with Crippen molar-refractivity contribution in [3.05, 3.63) is 23.9 Å². The summed E-state index contributed by atoms with van der Waals surface area (Å²) in [4.78, 5) is 26.3. The van der Waals surface area contributed by atoms with Gasteiger partial charge < -0.3 is 20.4 Å². The summed E-state index contributed by atoms with van der Waals surface area (Å²) >= 11 is 0. The zero-order valence-corrected chi connectivity index (χ0v) is 21.6. The van der Waals surface area contributed by atoms with Gasteiger partial charge in [-0.3, -0.25) is 4.79 Å². The maximum absolute atomic E-state index is 12.7. The molecule has 2 heterocycles. The predicted molar refractivity (Wildman–Crippen MR) is 138 cm³/mol. The lowest BCUT2D eigenvalue weighted by Crippen LogP contribution is -2.45. The SMILES string of the molecule is CCNC(=NCc1ccc(N(CC)CC)nc1)NC1CCN(C(=O)C2CCCC2)C1.I. The molecule has 31 heavy (non-hydrogen) atoms. The number of hydrogen-bond acceptors (Lipinski definition) is 4. The normalized spacial score (nSPS) is 19.3. The molecule has 1 aliphatic carbocycles. The van der Waals surface area contributed by atoms with Crippen LogP contribution < -0.4 is 15.5 Å². The van der Waals surface area contributed by atoms with Gasteiger partial charge in [-0.05, 0) is 51.7 Å². The number of hydrogen-bond donors (Lipinski definition) is 2. The van der Waals surface area contributed by atoms with E-state index in [1.54, 1.807) is 0 Å². The number of carbonyl (C=O) groups excluding carboxylic acids is 1. The van der Waals surface area contributed by atoms with E-state index in [0.29, 0.717) is 12.5 Å². The Hall–Kier alpha value is -1.58. The molecule has 1 aliphatic heterocycles. The van der Waals surface area contributed by atoms with Gasteiger partial charge in [0.2, 0.25) is 5.91 Å². The molecule has 2 fully saturated rings. The zero-order chi connectivity index (χ0) is 21.3. The molecule has 1 unspecified atom stereocenters. The van der Waals surface area contributed by atoms with Gasteiger partial charge in [0.05, 0.1) is 6.54 Å². The Morgan fingerprint density at radius 1 is 1.19 bits per heavy atom. The zero-order valence-electron chi connectivity index (χ0n) is 19.3. The van der Waals surface area contributed by atoms with E-state index in [9.17, 15) is 4.79 Å². The van der Waals surface area contributed by atoms with E-state index in [0.717, 1.165) is 69.3 Å². The van der Waals surface area contributed by atoms with Gasteiger partial charge >= 0.3 is 0 Å². The van der Waals surface area contributed by atoms with Gasteiger partial charge in [0.1, 0.15) is 5.82 Å². The van der Waals surface area contributed by atoms with Crippen LogP contribution in [0.4, 0.5) is 5.82 Å². The minimum absolute atomic E-state index is 0. The van der Waals surface area contributed by atoms with E-state index in [4.69, 9.17) is 4.99 Å². The number of aliphatic imine (C=N–C) groups is 1. The van der Waals surface area contributed by atoms with Gasteiger partial charge in [0.25, 0.3) is 0 Å². The first-order valence-corrected chi connectivity index (χ1v) is 11.7. The molecule has 0 bridgehead atoms. The number of nitrogens with one attached hydrogen (secondary N) is 2. The van der Waals surface area contributed by atoms with Crippen molar-refractivity contribution in [1.82, 2.24) is 20.5 Å². The fraction of sp³-hybridized carbons (Fsp3) is 0.696. The van der Waals surface area contributed by atoms with Gasteiger partial charge in [0.15, 0.2) is 5.96 Å². The minimum Gasteiger partial charge on any atom is -0.357 e. The average molecular weight is 543 g/mol. The van der Waals surface area contributed by atoms with Crippen molar-refractivity contribution in [2.45, 2.75) is 65.5 Å². The van der Waals surface area contributed by atoms with Crippen molar-refractivity contribution in [2.75, 3.05) is 37.6 Å². The maximum atomic E-state index is 12.7. The molecule has 1 saturated carbocycles. The lowest BCUT2D eigenvalue weighted by molar-refractivity contribution is -0.134. The molecule has 7 nitrogen and oxygen atoms in total. The third kappa shape index (κ3) is 7.22. The van der Waals surface area contributed by atoms with Crippen molar-refractivity contribution >= 4 is 41.7 Å². The first-order valence-electron chi connectivity index (χ1n) is 11.7. The summed E-state index contributed by atoms with van der Waals surface area (Å²) in [5.41, 5.74) is 1.09. The second kappa shape index (κ2) is 13.1. The maximum Gasteiger partial charge on any atom is 0.225 e. The Morgan fingerprint density at radius 3 is 2.55 bits per heavy atom. The molecule has 1 saturated heterocycles. The van der Waals surface area contributed by atoms with Crippen LogP contribution in [-0.4, -0.2) is 60.5 Å². The third-order valence-electron chi connectivity index (χ3n) is 6.21. The number of guanidine groups is 1. The van der Waals surface area contributed by atoms with E-state index in [-0.39, 0.29) is 35.9 Å². The van der Waals surface area contributed by atoms with Gasteiger partial charge in [-0.15, -0.1) is 24.0 Å². The molecule has 1 aromatic rings. The monoisotopic (exact) mass is 542 g/mol. The summed E-state index contributed by atoms with van der Waals surface area (Å²) in [7, 11) is 0. The van der Waals surface area contributed by atoms with Gasteiger partial charge in [-0.1, -0.05) is 18.9 Å². The number of aromatic nitrogens is 1. The largest absolute Gasteiger partial charge is 0.357 e. The highest BCUT2D eigenvalue weighted by molar-refractivity contribution is 14.0. The van der Waals surface area contributed by atoms with Crippen LogP contribution in [-0.2, 0) is 11.3 Å². The highest BCUT2D eigenvalue weighted by Crippen LogP contribution is 2.27. The number of anilines is 1. The van der Waals surface area contributed by atoms with Gasteiger partial charge in [-0.2, -0.15) is 0 Å². The van der Waals surface area contributed by atoms with Crippen LogP contribution in [0.5, 0.6) is 0 Å². The smallest absolute Gasteiger partial charge is 0.225 e. The van der Waals surface area contributed by atoms with Crippen LogP contribution in [0.1, 0.15) is 58.4 Å². The number of likely N-dealkylation sites (tertiary alicyclic amines) is 1. The average Bonchev–Trinajstić information content (AvgIpc) is 3.46. The molecule has 0 radical (unpaired) electrons. The molecule has 1 amide bonds. The van der Waals surface area contributed by atoms with Crippen molar-refractivity contribution in [3.63, 3.8) is 0 Å². The Kier molecular flexibility index (Phi) is 10.8. The number of rotatable bonds is 8. The van der Waals surface area contributed by atoms with Crippen LogP contribution in [0.2, 0.25) is 0 Å². The van der Waals surface area contributed by atoms with Crippen LogP contribution in [0, 0.1) is 5.92 Å². The lowest BCUT2D eigenvalue weighted by atomic mass is 10.1. The predicted octanol–water partition coefficient (Wildman–Crippen LogP) is 3.39. The third-order valence-corrected chi connectivity index (χ3v) is 6.21. The van der Waals surface area contributed by atoms with E-state index < -0.39 is 0 Å². The number of carbonyl (C=O) groups is 1. The Bertz CT molecular complexity index is 701. The van der Waals surface area contributed by atoms with E-state index in [2.05, 4.69) is 53.4 Å². The molecule has 174 valence electrons. The topological polar surface area (TPSA) is 72.9 Å². The fourth-order valence-corrected chi connectivity index (χ4v) is 4.44. The Balaban J connectivity index is 0.00000341. The standard InChI is InChI=1S/C23H38N6O.HI/c1-4-24-23(26-16-18-11-12-21(25-15-18)28(5-2)6-3)27-20-13-14-29(17-20)22(30)19-9-7-8-10-19;/h11-12,15,19-20H,4-10,13-14,16-17H2,1-3H3,(H2,24,26,27);1H. The number of pyridine rings is 1. The summed E-state index contributed by atoms with van der Waals surface area (Å²) in [6.45, 7) is 11.3. The fourth-order valence-electron chi connectivity index (χ4n) is 4.44. The molecule has 1 atom stereocenters. The quantitative estimate of drug-likeness (QED) is 0.300. The molecular formula is C23H39IN6O. The summed E-state index contributed by atoms with van der Waals surface area (Å²) in [5.74, 6) is 2.44. The highest BCUT2D eigenvalue weighted by atomic mass is 127. The number of halogens is 1. The summed E-state index contributed by atoms with van der Waals surface area (Å²) in [6, 6.07) is 4.43. The van der Waals surface area contributed by atoms with Crippen molar-refractivity contribution in [2.24, 2.45) is 10.9 Å². The molecule has 8 heteroatoms. The van der Waals surface area contributed by atoms with Gasteiger partial charge in [-0.25, -0.2) is 9.98 Å². The highest BCUT2D eigenvalue weighted by Gasteiger charge is 2.32. The first-order chi connectivity index (χ1) is 14.6. The van der Waals surface area contributed by atoms with Crippen LogP contribution in [0.3, 0.4) is 0 Å². The molecule has 1 aromatic heterocycles. The lowest BCUT2D eigenvalue weighted by Gasteiger charge is -2.21. The molecule has 3 rings (SSSR count). The molecule has 0 aromatic carbocycles. The van der Waals surface area contributed by atoms with E-state index in [1.165, 1.54) is 12.8 Å². The Labute approximate surface area is 204 Å². The van der Waals surface area contributed by atoms with Crippen molar-refractivity contribution in [3.8, 4) is 0 Å². The summed E-state index contributed by atoms with van der Waals surface area (Å²) in [6.07, 6.45) is 7.43. The molecule has 2 aliphatic rings. The van der Waals surface area contributed by atoms with E-state index >= 15 is 0 Å². The van der Waals surface area contributed by atoms with Crippen LogP contribution in [0.15, 0.2) is 23.3 Å². The van der Waals surface area contributed by atoms with Crippen LogP contribution >= 0.6 is 24.0 Å². The molecule has 2 N–H and O–H groups in total. The second-order valence-corrected chi connectivity index (χ2v) is 8.29. The number of amides is 1. The second-order valence-electron chi connectivity index (χ2n) is 8.29. The summed E-state index contributed by atoms with van der Waals surface area (Å²) in [5, 5.41) is 6.86. The first kappa shape index (κ1) is 25.7. The van der Waals surface area contributed by atoms with E-state index in [1.807, 2.05) is 11.1 Å². The van der Waals surface area contributed by atoms with Crippen LogP contribution in [0.25, 0.3) is 0 Å². The van der Waals surface area contributed by atoms with Gasteiger partial charge in [0, 0.05) is 50.9 Å².